The maximum Gasteiger partial charge on any atom is 0.254 e. The largest absolute Gasteiger partial charge is 0.356 e. The number of aryl methyl sites for hydroxylation is 1. The highest BCUT2D eigenvalue weighted by Gasteiger charge is 2.30. The summed E-state index contributed by atoms with van der Waals surface area (Å²) >= 11 is 1.69. The van der Waals surface area contributed by atoms with Gasteiger partial charge in [0.05, 0.1) is 24.7 Å². The van der Waals surface area contributed by atoms with Crippen LogP contribution in [0.25, 0.3) is 0 Å². The molecule has 1 aliphatic rings. The number of aromatic nitrogens is 2. The Labute approximate surface area is 174 Å². The molecule has 0 saturated heterocycles. The lowest BCUT2D eigenvalue weighted by atomic mass is 10.1. The van der Waals surface area contributed by atoms with Gasteiger partial charge in [-0.1, -0.05) is 23.8 Å². The van der Waals surface area contributed by atoms with Crippen LogP contribution >= 0.6 is 11.3 Å². The Hall–Kier alpha value is -2.93. The Morgan fingerprint density at radius 1 is 1.24 bits per heavy atom. The standard InChI is InChI=1S/C22H24N4O2S/c1-16-4-2-5-17(12-16)22(28)25-14-18-7-10-24-26(18)19(15-25)13-21(27)23-9-8-20-6-3-11-29-20/h2-7,10-12,19H,8-9,13-15H2,1H3,(H,23,27)/t19-/m0/s1. The van der Waals surface area contributed by atoms with Gasteiger partial charge in [0.1, 0.15) is 0 Å². The molecule has 4 rings (SSSR count). The lowest BCUT2D eigenvalue weighted by Gasteiger charge is -2.33. The second-order valence-corrected chi connectivity index (χ2v) is 8.39. The zero-order valence-electron chi connectivity index (χ0n) is 16.4. The molecular formula is C22H24N4O2S. The SMILES string of the molecule is Cc1cccc(C(=O)N2Cc3ccnn3[C@@H](CC(=O)NCCc3cccs3)C2)c1. The molecule has 0 aliphatic carbocycles. The van der Waals surface area contributed by atoms with Gasteiger partial charge in [-0.15, -0.1) is 11.3 Å². The fourth-order valence-electron chi connectivity index (χ4n) is 3.72. The highest BCUT2D eigenvalue weighted by Crippen LogP contribution is 2.24. The molecule has 150 valence electrons. The van der Waals surface area contributed by atoms with Gasteiger partial charge in [-0.2, -0.15) is 5.10 Å². The van der Waals surface area contributed by atoms with Crippen LogP contribution in [0.2, 0.25) is 0 Å². The van der Waals surface area contributed by atoms with Gasteiger partial charge in [0, 0.05) is 29.7 Å². The van der Waals surface area contributed by atoms with Crippen molar-refractivity contribution < 1.29 is 9.59 Å². The lowest BCUT2D eigenvalue weighted by molar-refractivity contribution is -0.122. The molecular weight excluding hydrogens is 384 g/mol. The molecule has 3 heterocycles. The Balaban J connectivity index is 1.41. The third-order valence-corrected chi connectivity index (χ3v) is 6.07. The summed E-state index contributed by atoms with van der Waals surface area (Å²) in [6, 6.07) is 13.5. The van der Waals surface area contributed by atoms with Crippen LogP contribution in [-0.2, 0) is 17.8 Å². The molecule has 0 spiro atoms. The number of rotatable bonds is 6. The average molecular weight is 409 g/mol. The second kappa shape index (κ2) is 8.61. The van der Waals surface area contributed by atoms with E-state index in [2.05, 4.69) is 16.5 Å². The van der Waals surface area contributed by atoms with E-state index in [9.17, 15) is 9.59 Å². The molecule has 1 aromatic carbocycles. The summed E-state index contributed by atoms with van der Waals surface area (Å²) in [6.45, 7) is 3.57. The molecule has 2 aromatic heterocycles. The summed E-state index contributed by atoms with van der Waals surface area (Å²) in [6.07, 6.45) is 2.87. The number of amides is 2. The highest BCUT2D eigenvalue weighted by molar-refractivity contribution is 7.09. The Morgan fingerprint density at radius 2 is 2.14 bits per heavy atom. The molecule has 1 N–H and O–H groups in total. The molecule has 2 amide bonds. The summed E-state index contributed by atoms with van der Waals surface area (Å²) in [7, 11) is 0. The predicted molar refractivity (Wildman–Crippen MR) is 113 cm³/mol. The van der Waals surface area contributed by atoms with Crippen LogP contribution in [0.4, 0.5) is 0 Å². The van der Waals surface area contributed by atoms with Gasteiger partial charge in [-0.25, -0.2) is 0 Å². The van der Waals surface area contributed by atoms with E-state index in [4.69, 9.17) is 0 Å². The predicted octanol–water partition coefficient (Wildman–Crippen LogP) is 3.20. The van der Waals surface area contributed by atoms with Crippen LogP contribution < -0.4 is 5.32 Å². The number of hydrogen-bond acceptors (Lipinski definition) is 4. The molecule has 0 saturated carbocycles. The van der Waals surface area contributed by atoms with E-state index < -0.39 is 0 Å². The molecule has 1 atom stereocenters. The Kier molecular flexibility index (Phi) is 5.76. The van der Waals surface area contributed by atoms with E-state index in [-0.39, 0.29) is 17.9 Å². The summed E-state index contributed by atoms with van der Waals surface area (Å²) in [4.78, 5) is 28.6. The summed E-state index contributed by atoms with van der Waals surface area (Å²) in [5, 5.41) is 9.43. The number of nitrogens with zero attached hydrogens (tertiary/aromatic N) is 3. The van der Waals surface area contributed by atoms with Crippen LogP contribution in [0.5, 0.6) is 0 Å². The normalized spacial score (nSPS) is 15.8. The quantitative estimate of drug-likeness (QED) is 0.681. The van der Waals surface area contributed by atoms with Crippen molar-refractivity contribution in [3.05, 3.63) is 75.7 Å². The van der Waals surface area contributed by atoms with Crippen molar-refractivity contribution in [1.29, 1.82) is 0 Å². The van der Waals surface area contributed by atoms with E-state index in [1.54, 1.807) is 17.5 Å². The molecule has 29 heavy (non-hydrogen) atoms. The van der Waals surface area contributed by atoms with Crippen molar-refractivity contribution >= 4 is 23.2 Å². The van der Waals surface area contributed by atoms with Crippen LogP contribution in [0.1, 0.15) is 39.0 Å². The van der Waals surface area contributed by atoms with Crippen molar-refractivity contribution in [1.82, 2.24) is 20.0 Å². The highest BCUT2D eigenvalue weighted by atomic mass is 32.1. The van der Waals surface area contributed by atoms with Gasteiger partial charge in [-0.3, -0.25) is 14.3 Å². The van der Waals surface area contributed by atoms with Gasteiger partial charge in [0.15, 0.2) is 0 Å². The van der Waals surface area contributed by atoms with Gasteiger partial charge < -0.3 is 10.2 Å². The minimum Gasteiger partial charge on any atom is -0.356 e. The first-order valence-electron chi connectivity index (χ1n) is 9.77. The molecule has 6 nitrogen and oxygen atoms in total. The second-order valence-electron chi connectivity index (χ2n) is 7.36. The molecule has 7 heteroatoms. The number of carbonyl (C=O) groups is 2. The molecule has 1 aliphatic heterocycles. The summed E-state index contributed by atoms with van der Waals surface area (Å²) in [5.74, 6) is -0.0258. The zero-order chi connectivity index (χ0) is 20.2. The third kappa shape index (κ3) is 4.56. The van der Waals surface area contributed by atoms with E-state index in [0.29, 0.717) is 31.6 Å². The first-order chi connectivity index (χ1) is 14.1. The van der Waals surface area contributed by atoms with Gasteiger partial charge in [0.2, 0.25) is 5.91 Å². The summed E-state index contributed by atoms with van der Waals surface area (Å²) in [5.41, 5.74) is 2.69. The Bertz CT molecular complexity index is 996. The van der Waals surface area contributed by atoms with Gasteiger partial charge in [0.25, 0.3) is 5.91 Å². The molecule has 0 bridgehead atoms. The van der Waals surface area contributed by atoms with Crippen molar-refractivity contribution in [3.8, 4) is 0 Å². The molecule has 0 fully saturated rings. The lowest BCUT2D eigenvalue weighted by Crippen LogP contribution is -2.43. The van der Waals surface area contributed by atoms with Gasteiger partial charge >= 0.3 is 0 Å². The van der Waals surface area contributed by atoms with Gasteiger partial charge in [-0.05, 0) is 43.0 Å². The first-order valence-corrected chi connectivity index (χ1v) is 10.7. The van der Waals surface area contributed by atoms with Crippen molar-refractivity contribution in [2.75, 3.05) is 13.1 Å². The minimum absolute atomic E-state index is 0.00995. The number of hydrogen-bond donors (Lipinski definition) is 1. The summed E-state index contributed by atoms with van der Waals surface area (Å²) < 4.78 is 1.89. The molecule has 3 aromatic rings. The van der Waals surface area contributed by atoms with E-state index in [0.717, 1.165) is 17.7 Å². The zero-order valence-corrected chi connectivity index (χ0v) is 17.2. The average Bonchev–Trinajstić information content (AvgIpc) is 3.39. The fraction of sp³-hybridized carbons (Fsp3) is 0.318. The van der Waals surface area contributed by atoms with Crippen LogP contribution in [0, 0.1) is 6.92 Å². The first kappa shape index (κ1) is 19.4. The molecule has 0 unspecified atom stereocenters. The van der Waals surface area contributed by atoms with Crippen LogP contribution in [-0.4, -0.2) is 39.6 Å². The van der Waals surface area contributed by atoms with E-state index >= 15 is 0 Å². The number of thiophene rings is 1. The van der Waals surface area contributed by atoms with Crippen LogP contribution in [0.15, 0.2) is 54.0 Å². The van der Waals surface area contributed by atoms with Crippen molar-refractivity contribution in [2.45, 2.75) is 32.4 Å². The van der Waals surface area contributed by atoms with Crippen LogP contribution in [0.3, 0.4) is 0 Å². The maximum absolute atomic E-state index is 13.0. The molecule has 0 radical (unpaired) electrons. The van der Waals surface area contributed by atoms with E-state index in [1.807, 2.05) is 58.3 Å². The minimum atomic E-state index is -0.163. The number of nitrogens with one attached hydrogen (secondary N) is 1. The third-order valence-electron chi connectivity index (χ3n) is 5.13. The smallest absolute Gasteiger partial charge is 0.254 e. The number of benzene rings is 1. The Morgan fingerprint density at radius 3 is 2.93 bits per heavy atom. The maximum atomic E-state index is 13.0. The monoisotopic (exact) mass is 408 g/mol. The fourth-order valence-corrected chi connectivity index (χ4v) is 4.43. The topological polar surface area (TPSA) is 67.2 Å². The van der Waals surface area contributed by atoms with Crippen molar-refractivity contribution in [3.63, 3.8) is 0 Å². The number of carbonyl (C=O) groups excluding carboxylic acids is 2. The number of fused-ring (bicyclic) bond motifs is 1. The van der Waals surface area contributed by atoms with E-state index in [1.165, 1.54) is 4.88 Å². The van der Waals surface area contributed by atoms with Crippen molar-refractivity contribution in [2.24, 2.45) is 0 Å².